The number of aryl methyl sites for hydroxylation is 1. The summed E-state index contributed by atoms with van der Waals surface area (Å²) in [5.41, 5.74) is 2.46. The molecule has 1 atom stereocenters. The van der Waals surface area contributed by atoms with Gasteiger partial charge in [0.2, 0.25) is 0 Å². The summed E-state index contributed by atoms with van der Waals surface area (Å²) >= 11 is 0. The number of amides is 1. The third-order valence-corrected chi connectivity index (χ3v) is 4.22. The number of aromatic nitrogens is 2. The number of carbonyl (C=O) groups excluding carboxylic acids is 1. The molecule has 0 bridgehead atoms. The zero-order chi connectivity index (χ0) is 15.5. The van der Waals surface area contributed by atoms with Crippen molar-refractivity contribution in [3.63, 3.8) is 0 Å². The van der Waals surface area contributed by atoms with Crippen LogP contribution < -0.4 is 5.32 Å². The van der Waals surface area contributed by atoms with Crippen molar-refractivity contribution in [2.24, 2.45) is 5.92 Å². The maximum Gasteiger partial charge on any atom is 0.257 e. The molecule has 1 aliphatic rings. The van der Waals surface area contributed by atoms with Gasteiger partial charge in [0.1, 0.15) is 0 Å². The largest absolute Gasteiger partial charge is 0.338 e. The van der Waals surface area contributed by atoms with Crippen molar-refractivity contribution in [1.29, 1.82) is 0 Å². The minimum absolute atomic E-state index is 0.0956. The Morgan fingerprint density at radius 3 is 2.86 bits per heavy atom. The quantitative estimate of drug-likeness (QED) is 0.937. The van der Waals surface area contributed by atoms with Gasteiger partial charge in [-0.25, -0.2) is 4.68 Å². The molecule has 1 amide bonds. The number of rotatable bonds is 4. The molecule has 5 heteroatoms. The molecule has 2 heterocycles. The summed E-state index contributed by atoms with van der Waals surface area (Å²) in [5, 5.41) is 7.68. The van der Waals surface area contributed by atoms with Crippen molar-refractivity contribution in [3.8, 4) is 5.69 Å². The van der Waals surface area contributed by atoms with Crippen LogP contribution in [0.1, 0.15) is 22.5 Å². The van der Waals surface area contributed by atoms with Crippen LogP contribution in [0, 0.1) is 12.8 Å². The van der Waals surface area contributed by atoms with E-state index in [1.807, 2.05) is 55.4 Å². The molecule has 22 heavy (non-hydrogen) atoms. The molecule has 5 nitrogen and oxygen atoms in total. The molecule has 116 valence electrons. The van der Waals surface area contributed by atoms with Crippen LogP contribution in [0.3, 0.4) is 0 Å². The lowest BCUT2D eigenvalue weighted by molar-refractivity contribution is 0.0786. The highest BCUT2D eigenvalue weighted by Gasteiger charge is 2.28. The number of hydrogen-bond donors (Lipinski definition) is 1. The predicted molar refractivity (Wildman–Crippen MR) is 86.2 cm³/mol. The van der Waals surface area contributed by atoms with Gasteiger partial charge in [0.15, 0.2) is 0 Å². The Hall–Kier alpha value is -2.14. The highest BCUT2D eigenvalue weighted by Crippen LogP contribution is 2.20. The highest BCUT2D eigenvalue weighted by molar-refractivity contribution is 5.95. The minimum atomic E-state index is 0.0956. The topological polar surface area (TPSA) is 50.2 Å². The molecule has 1 saturated heterocycles. The second-order valence-electron chi connectivity index (χ2n) is 5.87. The van der Waals surface area contributed by atoms with Gasteiger partial charge in [-0.1, -0.05) is 18.2 Å². The molecule has 1 unspecified atom stereocenters. The lowest BCUT2D eigenvalue weighted by Crippen LogP contribution is -2.30. The highest BCUT2D eigenvalue weighted by atomic mass is 16.2. The van der Waals surface area contributed by atoms with Crippen LogP contribution in [-0.4, -0.2) is 47.3 Å². The summed E-state index contributed by atoms with van der Waals surface area (Å²) in [6.07, 6.45) is 2.91. The maximum atomic E-state index is 12.7. The Kier molecular flexibility index (Phi) is 4.24. The van der Waals surface area contributed by atoms with Gasteiger partial charge in [-0.05, 0) is 45.0 Å². The van der Waals surface area contributed by atoms with E-state index in [9.17, 15) is 4.79 Å². The van der Waals surface area contributed by atoms with E-state index < -0.39 is 0 Å². The van der Waals surface area contributed by atoms with E-state index in [0.717, 1.165) is 37.4 Å². The Balaban J connectivity index is 1.78. The number of nitrogens with one attached hydrogen (secondary N) is 1. The van der Waals surface area contributed by atoms with E-state index in [4.69, 9.17) is 0 Å². The molecule has 1 aliphatic heterocycles. The summed E-state index contributed by atoms with van der Waals surface area (Å²) in [5.74, 6) is 0.650. The summed E-state index contributed by atoms with van der Waals surface area (Å²) in [4.78, 5) is 14.7. The monoisotopic (exact) mass is 298 g/mol. The third-order valence-electron chi connectivity index (χ3n) is 4.22. The van der Waals surface area contributed by atoms with Gasteiger partial charge < -0.3 is 10.2 Å². The molecule has 3 rings (SSSR count). The van der Waals surface area contributed by atoms with Gasteiger partial charge in [0.25, 0.3) is 5.91 Å². The zero-order valence-corrected chi connectivity index (χ0v) is 13.1. The van der Waals surface area contributed by atoms with E-state index in [0.29, 0.717) is 11.5 Å². The van der Waals surface area contributed by atoms with Crippen LogP contribution in [0.5, 0.6) is 0 Å². The van der Waals surface area contributed by atoms with Crippen LogP contribution in [0.25, 0.3) is 5.69 Å². The Labute approximate surface area is 130 Å². The molecule has 0 saturated carbocycles. The molecule has 1 aromatic carbocycles. The van der Waals surface area contributed by atoms with Crippen molar-refractivity contribution in [2.45, 2.75) is 13.3 Å². The first-order valence-corrected chi connectivity index (χ1v) is 7.74. The smallest absolute Gasteiger partial charge is 0.257 e. The zero-order valence-electron chi connectivity index (χ0n) is 13.1. The molecule has 0 aliphatic carbocycles. The number of benzene rings is 1. The fourth-order valence-electron chi connectivity index (χ4n) is 3.03. The number of para-hydroxylation sites is 1. The summed E-state index contributed by atoms with van der Waals surface area (Å²) in [7, 11) is 1.96. The number of likely N-dealkylation sites (tertiary alicyclic amines) is 1. The first kappa shape index (κ1) is 14.8. The van der Waals surface area contributed by atoms with Gasteiger partial charge in [-0.2, -0.15) is 5.10 Å². The van der Waals surface area contributed by atoms with E-state index in [1.165, 1.54) is 0 Å². The van der Waals surface area contributed by atoms with Crippen LogP contribution in [0.4, 0.5) is 0 Å². The second kappa shape index (κ2) is 6.32. The van der Waals surface area contributed by atoms with Gasteiger partial charge in [-0.3, -0.25) is 4.79 Å². The maximum absolute atomic E-state index is 12.7. The van der Waals surface area contributed by atoms with Crippen LogP contribution in [0.2, 0.25) is 0 Å². The van der Waals surface area contributed by atoms with Crippen molar-refractivity contribution in [3.05, 3.63) is 47.8 Å². The first-order chi connectivity index (χ1) is 10.7. The first-order valence-electron chi connectivity index (χ1n) is 7.74. The van der Waals surface area contributed by atoms with Crippen LogP contribution >= 0.6 is 0 Å². The normalized spacial score (nSPS) is 17.9. The number of hydrogen-bond acceptors (Lipinski definition) is 3. The number of nitrogens with zero attached hydrogens (tertiary/aromatic N) is 3. The van der Waals surface area contributed by atoms with E-state index in [-0.39, 0.29) is 5.91 Å². The molecular formula is C17H22N4O. The van der Waals surface area contributed by atoms with Gasteiger partial charge >= 0.3 is 0 Å². The molecule has 1 fully saturated rings. The predicted octanol–water partition coefficient (Wildman–Crippen LogP) is 1.86. The third kappa shape index (κ3) is 2.90. The molecule has 0 spiro atoms. The average molecular weight is 298 g/mol. The molecule has 0 radical (unpaired) electrons. The van der Waals surface area contributed by atoms with Crippen LogP contribution in [0.15, 0.2) is 36.5 Å². The van der Waals surface area contributed by atoms with E-state index in [1.54, 1.807) is 4.68 Å². The SMILES string of the molecule is CNCC1CCN(C(=O)c2cn(-c3ccccc3)nc2C)C1. The minimum Gasteiger partial charge on any atom is -0.338 e. The summed E-state index contributed by atoms with van der Waals surface area (Å²) in [6.45, 7) is 4.52. The van der Waals surface area contributed by atoms with E-state index >= 15 is 0 Å². The van der Waals surface area contributed by atoms with E-state index in [2.05, 4.69) is 10.4 Å². The molecule has 1 N–H and O–H groups in total. The fourth-order valence-corrected chi connectivity index (χ4v) is 3.03. The van der Waals surface area contributed by atoms with Crippen LogP contribution in [-0.2, 0) is 0 Å². The molecule has 2 aromatic rings. The van der Waals surface area contributed by atoms with Gasteiger partial charge in [-0.15, -0.1) is 0 Å². The van der Waals surface area contributed by atoms with Gasteiger partial charge in [0, 0.05) is 19.3 Å². The average Bonchev–Trinajstić information content (AvgIpc) is 3.15. The lowest BCUT2D eigenvalue weighted by atomic mass is 10.1. The van der Waals surface area contributed by atoms with Crippen molar-refractivity contribution in [2.75, 3.05) is 26.7 Å². The van der Waals surface area contributed by atoms with Gasteiger partial charge in [0.05, 0.1) is 16.9 Å². The molecule has 1 aromatic heterocycles. The van der Waals surface area contributed by atoms with Crippen molar-refractivity contribution in [1.82, 2.24) is 20.0 Å². The summed E-state index contributed by atoms with van der Waals surface area (Å²) in [6, 6.07) is 9.88. The van der Waals surface area contributed by atoms with Crippen molar-refractivity contribution < 1.29 is 4.79 Å². The van der Waals surface area contributed by atoms with Crippen molar-refractivity contribution >= 4 is 5.91 Å². The second-order valence-corrected chi connectivity index (χ2v) is 5.87. The lowest BCUT2D eigenvalue weighted by Gasteiger charge is -2.16. The fraction of sp³-hybridized carbons (Fsp3) is 0.412. The summed E-state index contributed by atoms with van der Waals surface area (Å²) < 4.78 is 1.78. The Morgan fingerprint density at radius 1 is 1.36 bits per heavy atom. The standard InChI is InChI=1S/C17H22N4O/c1-13-16(12-21(19-13)15-6-4-3-5-7-15)17(22)20-9-8-14(11-20)10-18-2/h3-7,12,14,18H,8-11H2,1-2H3. The number of carbonyl (C=O) groups is 1. The molecular weight excluding hydrogens is 276 g/mol. The Morgan fingerprint density at radius 2 is 2.14 bits per heavy atom. The Bertz CT molecular complexity index is 650.